The number of aryl methyl sites for hydroxylation is 1. The summed E-state index contributed by atoms with van der Waals surface area (Å²) >= 11 is 0. The SMILES string of the molecule is COc1ccc(CCC(=O)NC[C@@](C)(O)Cc2ccc(OC)cc2)cc1. The van der Waals surface area contributed by atoms with Crippen molar-refractivity contribution in [1.82, 2.24) is 5.32 Å². The highest BCUT2D eigenvalue weighted by molar-refractivity contribution is 5.76. The summed E-state index contributed by atoms with van der Waals surface area (Å²) in [4.78, 5) is 12.1. The van der Waals surface area contributed by atoms with Gasteiger partial charge in [0.05, 0.1) is 19.8 Å². The molecule has 0 saturated carbocycles. The molecule has 0 bridgehead atoms. The third kappa shape index (κ3) is 6.41. The van der Waals surface area contributed by atoms with Crippen LogP contribution in [-0.4, -0.2) is 37.4 Å². The first-order chi connectivity index (χ1) is 12.4. The predicted octanol–water partition coefficient (Wildman–Crippen LogP) is 2.75. The molecule has 0 aromatic heterocycles. The quantitative estimate of drug-likeness (QED) is 0.724. The molecule has 0 fully saturated rings. The van der Waals surface area contributed by atoms with Crippen LogP contribution in [0, 0.1) is 0 Å². The van der Waals surface area contributed by atoms with Crippen molar-refractivity contribution in [2.24, 2.45) is 0 Å². The number of ether oxygens (including phenoxy) is 2. The van der Waals surface area contributed by atoms with E-state index in [4.69, 9.17) is 9.47 Å². The van der Waals surface area contributed by atoms with E-state index >= 15 is 0 Å². The monoisotopic (exact) mass is 357 g/mol. The first kappa shape index (κ1) is 19.8. The molecule has 2 N–H and O–H groups in total. The number of methoxy groups -OCH3 is 2. The number of benzene rings is 2. The molecule has 0 aliphatic rings. The van der Waals surface area contributed by atoms with E-state index in [1.165, 1.54) is 0 Å². The van der Waals surface area contributed by atoms with Gasteiger partial charge in [-0.1, -0.05) is 24.3 Å². The largest absolute Gasteiger partial charge is 0.497 e. The summed E-state index contributed by atoms with van der Waals surface area (Å²) in [5, 5.41) is 13.3. The summed E-state index contributed by atoms with van der Waals surface area (Å²) < 4.78 is 10.2. The molecule has 5 nitrogen and oxygen atoms in total. The van der Waals surface area contributed by atoms with E-state index in [0.717, 1.165) is 22.6 Å². The van der Waals surface area contributed by atoms with Crippen LogP contribution in [0.2, 0.25) is 0 Å². The second kappa shape index (κ2) is 9.25. The molecule has 1 amide bonds. The van der Waals surface area contributed by atoms with Gasteiger partial charge in [0.15, 0.2) is 0 Å². The molecule has 2 aromatic rings. The topological polar surface area (TPSA) is 67.8 Å². The lowest BCUT2D eigenvalue weighted by Crippen LogP contribution is -2.42. The molecule has 2 rings (SSSR count). The van der Waals surface area contributed by atoms with Crippen molar-refractivity contribution >= 4 is 5.91 Å². The van der Waals surface area contributed by atoms with Crippen LogP contribution in [0.5, 0.6) is 11.5 Å². The zero-order chi connectivity index (χ0) is 19.0. The summed E-state index contributed by atoms with van der Waals surface area (Å²) in [6, 6.07) is 15.2. The van der Waals surface area contributed by atoms with Gasteiger partial charge in [-0.25, -0.2) is 0 Å². The first-order valence-electron chi connectivity index (χ1n) is 8.67. The van der Waals surface area contributed by atoms with Crippen LogP contribution in [0.4, 0.5) is 0 Å². The number of carbonyl (C=O) groups excluding carboxylic acids is 1. The highest BCUT2D eigenvalue weighted by atomic mass is 16.5. The molecule has 0 saturated heterocycles. The molecule has 5 heteroatoms. The highest BCUT2D eigenvalue weighted by Gasteiger charge is 2.21. The minimum absolute atomic E-state index is 0.0733. The third-order valence-corrected chi connectivity index (χ3v) is 4.21. The lowest BCUT2D eigenvalue weighted by molar-refractivity contribution is -0.122. The lowest BCUT2D eigenvalue weighted by atomic mass is 9.96. The van der Waals surface area contributed by atoms with Crippen molar-refractivity contribution in [1.29, 1.82) is 0 Å². The van der Waals surface area contributed by atoms with Gasteiger partial charge in [0, 0.05) is 19.4 Å². The number of amides is 1. The molecule has 2 aromatic carbocycles. The Morgan fingerprint density at radius 3 is 1.96 bits per heavy atom. The number of aliphatic hydroxyl groups is 1. The summed E-state index contributed by atoms with van der Waals surface area (Å²) in [6.07, 6.45) is 1.48. The number of nitrogens with one attached hydrogen (secondary N) is 1. The fraction of sp³-hybridized carbons (Fsp3) is 0.381. The number of hydrogen-bond donors (Lipinski definition) is 2. The van der Waals surface area contributed by atoms with Crippen molar-refractivity contribution in [2.75, 3.05) is 20.8 Å². The first-order valence-corrected chi connectivity index (χ1v) is 8.67. The van der Waals surface area contributed by atoms with E-state index in [1.54, 1.807) is 21.1 Å². The smallest absolute Gasteiger partial charge is 0.220 e. The van der Waals surface area contributed by atoms with E-state index in [0.29, 0.717) is 19.3 Å². The fourth-order valence-corrected chi connectivity index (χ4v) is 2.67. The van der Waals surface area contributed by atoms with Crippen LogP contribution in [0.15, 0.2) is 48.5 Å². The van der Waals surface area contributed by atoms with Gasteiger partial charge in [0.2, 0.25) is 5.91 Å². The molecule has 0 unspecified atom stereocenters. The average molecular weight is 357 g/mol. The Bertz CT molecular complexity index is 693. The molecule has 0 aliphatic heterocycles. The van der Waals surface area contributed by atoms with Gasteiger partial charge in [0.25, 0.3) is 0 Å². The highest BCUT2D eigenvalue weighted by Crippen LogP contribution is 2.17. The molecule has 0 heterocycles. The normalized spacial score (nSPS) is 12.9. The standard InChI is InChI=1S/C21H27NO4/c1-21(24,14-17-6-11-19(26-3)12-7-17)15-22-20(23)13-8-16-4-9-18(25-2)10-5-16/h4-7,9-12,24H,8,13-15H2,1-3H3,(H,22,23)/t21-/m0/s1. The molecule has 140 valence electrons. The van der Waals surface area contributed by atoms with Crippen LogP contribution in [0.1, 0.15) is 24.5 Å². The second-order valence-corrected chi connectivity index (χ2v) is 6.65. The molecule has 0 radical (unpaired) electrons. The Hall–Kier alpha value is -2.53. The molecular formula is C21H27NO4. The summed E-state index contributed by atoms with van der Waals surface area (Å²) in [6.45, 7) is 1.93. The Morgan fingerprint density at radius 2 is 1.46 bits per heavy atom. The zero-order valence-corrected chi connectivity index (χ0v) is 15.6. The van der Waals surface area contributed by atoms with Gasteiger partial charge in [0.1, 0.15) is 11.5 Å². The molecule has 0 aliphatic carbocycles. The second-order valence-electron chi connectivity index (χ2n) is 6.65. The van der Waals surface area contributed by atoms with Gasteiger partial charge in [-0.3, -0.25) is 4.79 Å². The minimum atomic E-state index is -1.01. The van der Waals surface area contributed by atoms with Gasteiger partial charge >= 0.3 is 0 Å². The van der Waals surface area contributed by atoms with E-state index in [-0.39, 0.29) is 12.5 Å². The molecule has 26 heavy (non-hydrogen) atoms. The van der Waals surface area contributed by atoms with Crippen molar-refractivity contribution in [2.45, 2.75) is 31.8 Å². The maximum atomic E-state index is 12.1. The van der Waals surface area contributed by atoms with Gasteiger partial charge in [-0.05, 0) is 48.7 Å². The van der Waals surface area contributed by atoms with E-state index < -0.39 is 5.60 Å². The van der Waals surface area contributed by atoms with Crippen LogP contribution < -0.4 is 14.8 Å². The summed E-state index contributed by atoms with van der Waals surface area (Å²) in [5.74, 6) is 1.50. The van der Waals surface area contributed by atoms with Crippen molar-refractivity contribution in [3.63, 3.8) is 0 Å². The van der Waals surface area contributed by atoms with Gasteiger partial charge in [-0.15, -0.1) is 0 Å². The Balaban J connectivity index is 1.76. The van der Waals surface area contributed by atoms with Gasteiger partial charge in [-0.2, -0.15) is 0 Å². The predicted molar refractivity (Wildman–Crippen MR) is 102 cm³/mol. The van der Waals surface area contributed by atoms with Crippen molar-refractivity contribution < 1.29 is 19.4 Å². The van der Waals surface area contributed by atoms with Crippen LogP contribution in [0.3, 0.4) is 0 Å². The van der Waals surface area contributed by atoms with E-state index in [9.17, 15) is 9.90 Å². The zero-order valence-electron chi connectivity index (χ0n) is 15.6. The Labute approximate surface area is 155 Å². The van der Waals surface area contributed by atoms with E-state index in [1.807, 2.05) is 48.5 Å². The van der Waals surface area contributed by atoms with Crippen molar-refractivity contribution in [3.8, 4) is 11.5 Å². The average Bonchev–Trinajstić information content (AvgIpc) is 2.65. The number of carbonyl (C=O) groups is 1. The molecule has 1 atom stereocenters. The maximum Gasteiger partial charge on any atom is 0.220 e. The third-order valence-electron chi connectivity index (χ3n) is 4.21. The maximum absolute atomic E-state index is 12.1. The lowest BCUT2D eigenvalue weighted by Gasteiger charge is -2.24. The van der Waals surface area contributed by atoms with Crippen LogP contribution in [-0.2, 0) is 17.6 Å². The number of rotatable bonds is 9. The summed E-state index contributed by atoms with van der Waals surface area (Å²) in [5.41, 5.74) is 1.05. The van der Waals surface area contributed by atoms with Gasteiger partial charge < -0.3 is 19.9 Å². The molecule has 0 spiro atoms. The van der Waals surface area contributed by atoms with Crippen LogP contribution in [0.25, 0.3) is 0 Å². The fourth-order valence-electron chi connectivity index (χ4n) is 2.67. The minimum Gasteiger partial charge on any atom is -0.497 e. The Kier molecular flexibility index (Phi) is 7.04. The van der Waals surface area contributed by atoms with Crippen molar-refractivity contribution in [3.05, 3.63) is 59.7 Å². The summed E-state index contributed by atoms with van der Waals surface area (Å²) in [7, 11) is 3.24. The van der Waals surface area contributed by atoms with E-state index in [2.05, 4.69) is 5.32 Å². The van der Waals surface area contributed by atoms with Crippen LogP contribution >= 0.6 is 0 Å². The number of hydrogen-bond acceptors (Lipinski definition) is 4. The Morgan fingerprint density at radius 1 is 0.962 bits per heavy atom. The molecular weight excluding hydrogens is 330 g/mol.